The molecule has 2 aliphatic carbocycles. The molecule has 2 bridgehead atoms. The average molecular weight is 329 g/mol. The maximum Gasteiger partial charge on any atom is 0.417 e. The molecule has 2 amide bonds. The second-order valence-electron chi connectivity index (χ2n) is 8.20. The van der Waals surface area contributed by atoms with Crippen molar-refractivity contribution in [2.75, 3.05) is 0 Å². The largest absolute Gasteiger partial charge is 0.444 e. The van der Waals surface area contributed by atoms with Crippen LogP contribution in [0.5, 0.6) is 0 Å². The van der Waals surface area contributed by atoms with E-state index in [1.807, 2.05) is 30.3 Å². The number of nitrogens with zero attached hydrogens (tertiary/aromatic N) is 1. The Bertz CT molecular complexity index is 654. The van der Waals surface area contributed by atoms with Crippen LogP contribution >= 0.6 is 0 Å². The number of hydrogen-bond donors (Lipinski definition) is 0. The fourth-order valence-corrected chi connectivity index (χ4v) is 8.10. The third-order valence-electron chi connectivity index (χ3n) is 5.83. The van der Waals surface area contributed by atoms with Crippen molar-refractivity contribution >= 4 is 20.1 Å². The third-order valence-corrected chi connectivity index (χ3v) is 8.60. The molecule has 3 aliphatic rings. The van der Waals surface area contributed by atoms with E-state index in [0.717, 1.165) is 12.0 Å². The lowest BCUT2D eigenvalue weighted by Gasteiger charge is -2.25. The molecule has 1 saturated heterocycles. The summed E-state index contributed by atoms with van der Waals surface area (Å²) in [6.07, 6.45) is 0.404. The summed E-state index contributed by atoms with van der Waals surface area (Å²) in [5, 5.41) is 0. The number of likely N-dealkylation sites (tertiary alicyclic amines) is 1. The number of rotatable bonds is 3. The van der Waals surface area contributed by atoms with E-state index < -0.39 is 14.2 Å². The fraction of sp³-hybridized carbons (Fsp3) is 0.556. The lowest BCUT2D eigenvalue weighted by Crippen LogP contribution is -2.43. The van der Waals surface area contributed by atoms with Gasteiger partial charge in [0.25, 0.3) is 0 Å². The second-order valence-corrected chi connectivity index (χ2v) is 13.6. The van der Waals surface area contributed by atoms with Crippen molar-refractivity contribution in [3.8, 4) is 0 Å². The molecule has 4 nitrogen and oxygen atoms in total. The summed E-state index contributed by atoms with van der Waals surface area (Å²) in [7, 11) is -1.26. The molecule has 1 aliphatic heterocycles. The molecule has 0 spiro atoms. The van der Waals surface area contributed by atoms with E-state index >= 15 is 0 Å². The van der Waals surface area contributed by atoms with Crippen LogP contribution in [-0.2, 0) is 16.1 Å². The van der Waals surface area contributed by atoms with E-state index in [1.54, 1.807) is 0 Å². The van der Waals surface area contributed by atoms with Gasteiger partial charge in [0, 0.05) is 20.0 Å². The normalized spacial score (nSPS) is 34.5. The number of carbonyl (C=O) groups excluding carboxylic acids is 2. The molecular weight excluding hydrogens is 306 g/mol. The SMILES string of the molecule is C[Si](C)(C)[C@H]1[C@H]2[C@@H]1[C@H]1C[C@@H]2N(C(=O)OCc2ccccc2)C1=O. The average Bonchev–Trinajstić information content (AvgIpc) is 3.06. The molecule has 4 rings (SSSR count). The molecule has 5 heteroatoms. The molecule has 2 saturated carbocycles. The standard InChI is InChI=1S/C18H23NO3Si/c1-23(2,3)16-14-12-9-13(15(14)16)19(17(12)20)18(21)22-10-11-7-5-4-6-8-11/h4-8,12-16H,9-10H2,1-3H3/t12-,13+,14+,15-,16-/m1/s1. The first-order valence-electron chi connectivity index (χ1n) is 8.43. The highest BCUT2D eigenvalue weighted by atomic mass is 28.3. The molecule has 0 radical (unpaired) electrons. The summed E-state index contributed by atoms with van der Waals surface area (Å²) in [4.78, 5) is 26.4. The summed E-state index contributed by atoms with van der Waals surface area (Å²) in [6, 6.07) is 9.70. The molecule has 0 unspecified atom stereocenters. The Morgan fingerprint density at radius 1 is 1.22 bits per heavy atom. The van der Waals surface area contributed by atoms with Gasteiger partial charge in [-0.3, -0.25) is 4.79 Å². The third kappa shape index (κ3) is 2.24. The Morgan fingerprint density at radius 3 is 2.57 bits per heavy atom. The number of hydrogen-bond acceptors (Lipinski definition) is 3. The Labute approximate surface area is 137 Å². The lowest BCUT2D eigenvalue weighted by atomic mass is 10.1. The van der Waals surface area contributed by atoms with E-state index in [2.05, 4.69) is 19.6 Å². The maximum absolute atomic E-state index is 12.6. The Kier molecular flexibility index (Phi) is 3.20. The van der Waals surface area contributed by atoms with Gasteiger partial charge in [0.15, 0.2) is 0 Å². The van der Waals surface area contributed by atoms with Gasteiger partial charge in [0.2, 0.25) is 5.91 Å². The van der Waals surface area contributed by atoms with Crippen LogP contribution in [0.25, 0.3) is 0 Å². The van der Waals surface area contributed by atoms with Crippen LogP contribution in [0.2, 0.25) is 25.2 Å². The van der Waals surface area contributed by atoms with E-state index in [1.165, 1.54) is 4.90 Å². The summed E-state index contributed by atoms with van der Waals surface area (Å²) in [5.74, 6) is 1.19. The molecule has 5 atom stereocenters. The Morgan fingerprint density at radius 2 is 1.91 bits per heavy atom. The minimum Gasteiger partial charge on any atom is -0.444 e. The first-order chi connectivity index (χ1) is 10.9. The summed E-state index contributed by atoms with van der Waals surface area (Å²) < 4.78 is 5.40. The predicted octanol–water partition coefficient (Wildman–Crippen LogP) is 3.51. The van der Waals surface area contributed by atoms with Gasteiger partial charge in [-0.25, -0.2) is 9.69 Å². The van der Waals surface area contributed by atoms with Gasteiger partial charge in [-0.15, -0.1) is 0 Å². The number of amides is 2. The van der Waals surface area contributed by atoms with Crippen LogP contribution in [0.1, 0.15) is 12.0 Å². The van der Waals surface area contributed by atoms with Gasteiger partial charge in [-0.1, -0.05) is 50.0 Å². The molecule has 1 heterocycles. The van der Waals surface area contributed by atoms with Crippen molar-refractivity contribution in [1.82, 2.24) is 4.90 Å². The van der Waals surface area contributed by atoms with Gasteiger partial charge in [-0.05, 0) is 29.4 Å². The number of carbonyl (C=O) groups is 2. The van der Waals surface area contributed by atoms with Crippen LogP contribution in [0.4, 0.5) is 4.79 Å². The molecular formula is C18H23NO3Si. The summed E-state index contributed by atoms with van der Waals surface area (Å²) in [6.45, 7) is 7.35. The zero-order chi connectivity index (χ0) is 16.4. The van der Waals surface area contributed by atoms with E-state index in [4.69, 9.17) is 4.74 Å². The smallest absolute Gasteiger partial charge is 0.417 e. The minimum absolute atomic E-state index is 0.00932. The molecule has 0 N–H and O–H groups in total. The molecule has 1 aromatic carbocycles. The van der Waals surface area contributed by atoms with Gasteiger partial charge in [0.05, 0.1) is 0 Å². The van der Waals surface area contributed by atoms with Crippen LogP contribution < -0.4 is 0 Å². The van der Waals surface area contributed by atoms with Crippen LogP contribution in [-0.4, -0.2) is 31.0 Å². The van der Waals surface area contributed by atoms with Crippen LogP contribution in [0.15, 0.2) is 30.3 Å². The van der Waals surface area contributed by atoms with Gasteiger partial charge >= 0.3 is 6.09 Å². The van der Waals surface area contributed by atoms with Crippen molar-refractivity contribution in [2.24, 2.45) is 17.8 Å². The molecule has 122 valence electrons. The molecule has 1 aromatic rings. The van der Waals surface area contributed by atoms with Crippen LogP contribution in [0.3, 0.4) is 0 Å². The Hall–Kier alpha value is -1.62. The van der Waals surface area contributed by atoms with Gasteiger partial charge in [-0.2, -0.15) is 0 Å². The molecule has 3 fully saturated rings. The number of ether oxygens (including phenoxy) is 1. The van der Waals surface area contributed by atoms with Crippen molar-refractivity contribution in [1.29, 1.82) is 0 Å². The minimum atomic E-state index is -1.26. The number of imide groups is 1. The molecule has 0 aromatic heterocycles. The zero-order valence-corrected chi connectivity index (χ0v) is 14.9. The fourth-order valence-electron chi connectivity index (χ4n) is 5.00. The quantitative estimate of drug-likeness (QED) is 0.797. The Balaban J connectivity index is 1.44. The maximum atomic E-state index is 12.6. The molecule has 23 heavy (non-hydrogen) atoms. The number of fused-ring (bicyclic) bond motifs is 5. The lowest BCUT2D eigenvalue weighted by molar-refractivity contribution is -0.132. The second kappa shape index (κ2) is 4.93. The number of benzene rings is 1. The van der Waals surface area contributed by atoms with Crippen molar-refractivity contribution in [2.45, 2.75) is 44.3 Å². The highest BCUT2D eigenvalue weighted by molar-refractivity contribution is 6.78. The van der Waals surface area contributed by atoms with Crippen LogP contribution in [0, 0.1) is 17.8 Å². The van der Waals surface area contributed by atoms with Gasteiger partial charge < -0.3 is 4.74 Å². The van der Waals surface area contributed by atoms with Crippen molar-refractivity contribution in [3.63, 3.8) is 0 Å². The topological polar surface area (TPSA) is 46.6 Å². The zero-order valence-electron chi connectivity index (χ0n) is 13.9. The summed E-state index contributed by atoms with van der Waals surface area (Å²) in [5.41, 5.74) is 1.64. The van der Waals surface area contributed by atoms with E-state index in [9.17, 15) is 9.59 Å². The number of piperidine rings is 1. The summed E-state index contributed by atoms with van der Waals surface area (Å²) >= 11 is 0. The van der Waals surface area contributed by atoms with Gasteiger partial charge in [0.1, 0.15) is 6.61 Å². The van der Waals surface area contributed by atoms with Crippen molar-refractivity contribution in [3.05, 3.63) is 35.9 Å². The van der Waals surface area contributed by atoms with E-state index in [0.29, 0.717) is 17.4 Å². The van der Waals surface area contributed by atoms with Crippen molar-refractivity contribution < 1.29 is 14.3 Å². The first-order valence-corrected chi connectivity index (χ1v) is 12.0. The monoisotopic (exact) mass is 329 g/mol. The predicted molar refractivity (Wildman–Crippen MR) is 89.4 cm³/mol. The highest BCUT2D eigenvalue weighted by Gasteiger charge is 2.74. The van der Waals surface area contributed by atoms with E-state index in [-0.39, 0.29) is 24.5 Å². The highest BCUT2D eigenvalue weighted by Crippen LogP contribution is 2.72. The first kappa shape index (κ1) is 14.9.